The number of nitrogens with one attached hydrogen (secondary N) is 2. The highest BCUT2D eigenvalue weighted by Crippen LogP contribution is 2.17. The molecule has 3 aromatic rings. The molecule has 0 aliphatic heterocycles. The van der Waals surface area contributed by atoms with Crippen LogP contribution < -0.4 is 10.6 Å². The quantitative estimate of drug-likeness (QED) is 0.0935. The highest BCUT2D eigenvalue weighted by molar-refractivity contribution is 7.98. The van der Waals surface area contributed by atoms with E-state index < -0.39 is 30.1 Å². The lowest BCUT2D eigenvalue weighted by Gasteiger charge is -2.26. The molecule has 0 fully saturated rings. The van der Waals surface area contributed by atoms with Gasteiger partial charge in [-0.15, -0.1) is 13.2 Å². The number of rotatable bonds is 22. The summed E-state index contributed by atoms with van der Waals surface area (Å²) >= 11 is 1.56. The fraction of sp³-hybridized carbons (Fsp3) is 0.333. The Labute approximate surface area is 298 Å². The summed E-state index contributed by atoms with van der Waals surface area (Å²) in [6, 6.07) is 26.8. The fourth-order valence-corrected chi connectivity index (χ4v) is 5.97. The molecule has 0 unspecified atom stereocenters. The molecule has 0 bridgehead atoms. The van der Waals surface area contributed by atoms with E-state index in [1.165, 1.54) is 11.0 Å². The number of hydrogen-bond donors (Lipinski definition) is 3. The lowest BCUT2D eigenvalue weighted by molar-refractivity contribution is -0.147. The molecule has 10 nitrogen and oxygen atoms in total. The predicted octanol–water partition coefficient (Wildman–Crippen LogP) is 5.42. The third kappa shape index (κ3) is 14.7. The molecule has 0 saturated carbocycles. The Morgan fingerprint density at radius 3 is 2.00 bits per heavy atom. The molecular formula is C39H47N3O7S. The molecule has 3 N–H and O–H groups in total. The number of ether oxygens (including phenoxy) is 2. The molecule has 0 heterocycles. The van der Waals surface area contributed by atoms with E-state index in [4.69, 9.17) is 9.47 Å². The summed E-state index contributed by atoms with van der Waals surface area (Å²) in [6.45, 7) is 7.55. The molecule has 3 amide bonds. The van der Waals surface area contributed by atoms with Crippen LogP contribution in [-0.2, 0) is 42.8 Å². The van der Waals surface area contributed by atoms with Crippen molar-refractivity contribution >= 4 is 35.6 Å². The molecule has 50 heavy (non-hydrogen) atoms. The Morgan fingerprint density at radius 1 is 0.800 bits per heavy atom. The topological polar surface area (TPSA) is 134 Å². The van der Waals surface area contributed by atoms with Gasteiger partial charge in [-0.2, -0.15) is 11.8 Å². The molecule has 0 aliphatic carbocycles. The summed E-state index contributed by atoms with van der Waals surface area (Å²) in [7, 11) is 0. The van der Waals surface area contributed by atoms with Gasteiger partial charge in [0.1, 0.15) is 19.3 Å². The summed E-state index contributed by atoms with van der Waals surface area (Å²) in [5, 5.41) is 15.1. The van der Waals surface area contributed by atoms with Gasteiger partial charge in [-0.25, -0.2) is 9.59 Å². The van der Waals surface area contributed by atoms with Crippen molar-refractivity contribution < 1.29 is 33.8 Å². The number of carbonyl (C=O) groups excluding carboxylic acids is 4. The van der Waals surface area contributed by atoms with Gasteiger partial charge in [-0.1, -0.05) is 103 Å². The Balaban J connectivity index is 1.65. The van der Waals surface area contributed by atoms with Crippen molar-refractivity contribution in [2.45, 2.75) is 50.3 Å². The van der Waals surface area contributed by atoms with Crippen LogP contribution in [0.25, 0.3) is 0 Å². The van der Waals surface area contributed by atoms with Crippen LogP contribution in [0, 0.1) is 5.92 Å². The predicted molar refractivity (Wildman–Crippen MR) is 196 cm³/mol. The zero-order valence-electron chi connectivity index (χ0n) is 28.3. The van der Waals surface area contributed by atoms with Gasteiger partial charge in [-0.05, 0) is 29.5 Å². The molecular weight excluding hydrogens is 655 g/mol. The fourth-order valence-electron chi connectivity index (χ4n) is 4.96. The average molecular weight is 702 g/mol. The monoisotopic (exact) mass is 701 g/mol. The number of thioether (sulfide) groups is 1. The van der Waals surface area contributed by atoms with E-state index in [-0.39, 0.29) is 57.4 Å². The van der Waals surface area contributed by atoms with Gasteiger partial charge < -0.3 is 30.1 Å². The van der Waals surface area contributed by atoms with Gasteiger partial charge in [0.2, 0.25) is 11.8 Å². The van der Waals surface area contributed by atoms with Gasteiger partial charge in [0.25, 0.3) is 0 Å². The van der Waals surface area contributed by atoms with Crippen molar-refractivity contribution in [3.05, 3.63) is 133 Å². The molecule has 3 rings (SSSR count). The Bertz CT molecular complexity index is 1490. The summed E-state index contributed by atoms with van der Waals surface area (Å²) in [6.07, 6.45) is 2.57. The average Bonchev–Trinajstić information content (AvgIpc) is 3.13. The maximum absolute atomic E-state index is 13.7. The molecule has 266 valence electrons. The summed E-state index contributed by atoms with van der Waals surface area (Å²) in [5.74, 6) is -1.01. The van der Waals surface area contributed by atoms with Gasteiger partial charge in [0, 0.05) is 31.0 Å². The van der Waals surface area contributed by atoms with Crippen molar-refractivity contribution in [2.75, 3.05) is 25.5 Å². The van der Waals surface area contributed by atoms with Crippen LogP contribution in [0.15, 0.2) is 116 Å². The molecule has 0 spiro atoms. The molecule has 3 aromatic carbocycles. The van der Waals surface area contributed by atoms with Crippen LogP contribution in [0.3, 0.4) is 0 Å². The number of alkyl carbamates (subject to hydrolysis) is 1. The molecule has 0 aromatic heterocycles. The normalized spacial score (nSPS) is 12.4. The molecule has 11 heteroatoms. The number of carbonyl (C=O) groups is 4. The number of esters is 1. The van der Waals surface area contributed by atoms with Crippen molar-refractivity contribution in [3.63, 3.8) is 0 Å². The molecule has 0 radical (unpaired) electrons. The van der Waals surface area contributed by atoms with E-state index in [9.17, 15) is 24.3 Å². The van der Waals surface area contributed by atoms with Gasteiger partial charge in [-0.3, -0.25) is 9.59 Å². The van der Waals surface area contributed by atoms with Crippen LogP contribution in [0.4, 0.5) is 4.79 Å². The summed E-state index contributed by atoms with van der Waals surface area (Å²) in [5.41, 5.74) is 2.80. The summed E-state index contributed by atoms with van der Waals surface area (Å²) < 4.78 is 10.9. The number of aliphatic hydroxyl groups is 1. The Kier molecular flexibility index (Phi) is 18.0. The summed E-state index contributed by atoms with van der Waals surface area (Å²) in [4.78, 5) is 54.2. The second-order valence-corrected chi connectivity index (χ2v) is 12.6. The Morgan fingerprint density at radius 2 is 1.40 bits per heavy atom. The highest BCUT2D eigenvalue weighted by atomic mass is 32.2. The standard InChI is InChI=1S/C39H47N3O7S/c1-3-14-33(24-36(44)42(22-23-43)25-30-16-8-5-9-17-30)37(45)40-34(29-50-28-32-20-12-7-13-21-32)27-48-38(46)35(15-4-2)41-39(47)49-26-31-18-10-6-11-19-31/h3-13,16-21,33-35,43H,1-2,14-15,22-29H2,(H,40,45)(H,41,47)/t33-,34+,35+/m0/s1. The minimum Gasteiger partial charge on any atom is -0.462 e. The highest BCUT2D eigenvalue weighted by Gasteiger charge is 2.28. The molecule has 0 saturated heterocycles. The van der Waals surface area contributed by atoms with E-state index in [0.29, 0.717) is 18.1 Å². The van der Waals surface area contributed by atoms with Crippen molar-refractivity contribution in [2.24, 2.45) is 5.92 Å². The first kappa shape index (κ1) is 39.6. The second kappa shape index (κ2) is 22.7. The van der Waals surface area contributed by atoms with Crippen LogP contribution in [0.5, 0.6) is 0 Å². The third-order valence-electron chi connectivity index (χ3n) is 7.58. The zero-order chi connectivity index (χ0) is 36.0. The number of amides is 3. The Hall–Kier alpha value is -4.87. The zero-order valence-corrected chi connectivity index (χ0v) is 29.1. The first-order chi connectivity index (χ1) is 24.3. The lowest BCUT2D eigenvalue weighted by atomic mass is 9.98. The van der Waals surface area contributed by atoms with Crippen LogP contribution >= 0.6 is 11.8 Å². The minimum absolute atomic E-state index is 0.0354. The SMILES string of the molecule is C=CC[C@@H](CC(=O)N(CCO)Cc1ccccc1)C(=O)N[C@H](COC(=O)[C@@H](CC=C)NC(=O)OCc1ccccc1)CSCc1ccccc1. The van der Waals surface area contributed by atoms with E-state index in [1.807, 2.05) is 91.0 Å². The first-order valence-electron chi connectivity index (χ1n) is 16.5. The number of nitrogens with zero attached hydrogens (tertiary/aromatic N) is 1. The molecule has 3 atom stereocenters. The largest absolute Gasteiger partial charge is 0.462 e. The van der Waals surface area contributed by atoms with Crippen molar-refractivity contribution in [3.8, 4) is 0 Å². The van der Waals surface area contributed by atoms with E-state index in [2.05, 4.69) is 23.8 Å². The first-order valence-corrected chi connectivity index (χ1v) is 17.7. The maximum atomic E-state index is 13.7. The van der Waals surface area contributed by atoms with Gasteiger partial charge >= 0.3 is 12.1 Å². The van der Waals surface area contributed by atoms with Crippen LogP contribution in [0.1, 0.15) is 36.0 Å². The van der Waals surface area contributed by atoms with Crippen molar-refractivity contribution in [1.29, 1.82) is 0 Å². The number of aliphatic hydroxyl groups excluding tert-OH is 1. The smallest absolute Gasteiger partial charge is 0.408 e. The van der Waals surface area contributed by atoms with Crippen molar-refractivity contribution in [1.82, 2.24) is 15.5 Å². The molecule has 0 aliphatic rings. The third-order valence-corrected chi connectivity index (χ3v) is 8.75. The van der Waals surface area contributed by atoms with E-state index in [1.54, 1.807) is 17.8 Å². The maximum Gasteiger partial charge on any atom is 0.408 e. The minimum atomic E-state index is -1.04. The van der Waals surface area contributed by atoms with Gasteiger partial charge in [0.15, 0.2) is 0 Å². The number of benzene rings is 3. The van der Waals surface area contributed by atoms with E-state index in [0.717, 1.165) is 16.7 Å². The van der Waals surface area contributed by atoms with Gasteiger partial charge in [0.05, 0.1) is 18.6 Å². The van der Waals surface area contributed by atoms with Crippen LogP contribution in [-0.4, -0.2) is 71.5 Å². The van der Waals surface area contributed by atoms with Crippen LogP contribution in [0.2, 0.25) is 0 Å². The van der Waals surface area contributed by atoms with E-state index >= 15 is 0 Å². The number of hydrogen-bond acceptors (Lipinski definition) is 8. The number of allylic oxidation sites excluding steroid dienone is 1. The lowest BCUT2D eigenvalue weighted by Crippen LogP contribution is -2.47. The second-order valence-electron chi connectivity index (χ2n) is 11.6.